The lowest BCUT2D eigenvalue weighted by molar-refractivity contribution is -0.130. The summed E-state index contributed by atoms with van der Waals surface area (Å²) in [6, 6.07) is 7.64. The zero-order chi connectivity index (χ0) is 15.9. The van der Waals surface area contributed by atoms with E-state index in [1.165, 1.54) is 0 Å². The largest absolute Gasteiger partial charge is 0.473 e. The summed E-state index contributed by atoms with van der Waals surface area (Å²) in [6.07, 6.45) is 0.886. The van der Waals surface area contributed by atoms with Gasteiger partial charge in [-0.15, -0.1) is 0 Å². The minimum absolute atomic E-state index is 0.0552. The van der Waals surface area contributed by atoms with Crippen molar-refractivity contribution in [1.29, 1.82) is 0 Å². The molecule has 6 nitrogen and oxygen atoms in total. The average molecular weight is 305 g/mol. The van der Waals surface area contributed by atoms with E-state index in [-0.39, 0.29) is 18.7 Å². The van der Waals surface area contributed by atoms with Gasteiger partial charge in [-0.3, -0.25) is 4.79 Å². The smallest absolute Gasteiger partial charge is 0.320 e. The van der Waals surface area contributed by atoms with Crippen molar-refractivity contribution in [3.05, 3.63) is 29.8 Å². The summed E-state index contributed by atoms with van der Waals surface area (Å²) in [4.78, 5) is 26.8. The molecule has 6 heteroatoms. The van der Waals surface area contributed by atoms with Gasteiger partial charge < -0.3 is 19.9 Å². The van der Waals surface area contributed by atoms with Crippen molar-refractivity contribution < 1.29 is 14.3 Å². The number of hydrogen-bond donors (Lipinski definition) is 1. The van der Waals surface area contributed by atoms with Crippen molar-refractivity contribution in [3.63, 3.8) is 0 Å². The average Bonchev–Trinajstić information content (AvgIpc) is 2.55. The molecule has 1 fully saturated rings. The number of piperazine rings is 1. The SMILES string of the molecule is CCc1ccccc1OCNC(=O)N1CCN(C(C)=O)CC1. The van der Waals surface area contributed by atoms with Gasteiger partial charge in [-0.25, -0.2) is 4.79 Å². The normalized spacial score (nSPS) is 14.6. The summed E-state index contributed by atoms with van der Waals surface area (Å²) >= 11 is 0. The molecule has 0 unspecified atom stereocenters. The van der Waals surface area contributed by atoms with Crippen LogP contribution in [0.1, 0.15) is 19.4 Å². The van der Waals surface area contributed by atoms with Crippen molar-refractivity contribution in [3.8, 4) is 5.75 Å². The second kappa shape index (κ2) is 7.68. The predicted molar refractivity (Wildman–Crippen MR) is 83.7 cm³/mol. The number of hydrogen-bond acceptors (Lipinski definition) is 3. The van der Waals surface area contributed by atoms with E-state index in [0.717, 1.165) is 17.7 Å². The van der Waals surface area contributed by atoms with Gasteiger partial charge in [0.25, 0.3) is 0 Å². The highest BCUT2D eigenvalue weighted by Crippen LogP contribution is 2.17. The number of para-hydroxylation sites is 1. The Hall–Kier alpha value is -2.24. The van der Waals surface area contributed by atoms with Gasteiger partial charge in [0, 0.05) is 33.1 Å². The number of carbonyl (C=O) groups excluding carboxylic acids is 2. The Labute approximate surface area is 131 Å². The highest BCUT2D eigenvalue weighted by Gasteiger charge is 2.21. The third kappa shape index (κ3) is 4.13. The second-order valence-corrected chi connectivity index (χ2v) is 5.22. The van der Waals surface area contributed by atoms with Gasteiger partial charge in [-0.2, -0.15) is 0 Å². The standard InChI is InChI=1S/C16H23N3O3/c1-3-14-6-4-5-7-15(14)22-12-17-16(21)19-10-8-18(9-11-19)13(2)20/h4-7H,3,8-12H2,1-2H3,(H,17,21). The Bertz CT molecular complexity index is 525. The Morgan fingerprint density at radius 3 is 2.41 bits per heavy atom. The summed E-state index contributed by atoms with van der Waals surface area (Å²) in [5, 5.41) is 2.76. The van der Waals surface area contributed by atoms with E-state index in [4.69, 9.17) is 4.74 Å². The van der Waals surface area contributed by atoms with Crippen molar-refractivity contribution >= 4 is 11.9 Å². The fourth-order valence-electron chi connectivity index (χ4n) is 2.45. The second-order valence-electron chi connectivity index (χ2n) is 5.22. The molecule has 2 rings (SSSR count). The fraction of sp³-hybridized carbons (Fsp3) is 0.500. The Morgan fingerprint density at radius 2 is 1.77 bits per heavy atom. The van der Waals surface area contributed by atoms with Gasteiger partial charge >= 0.3 is 6.03 Å². The highest BCUT2D eigenvalue weighted by atomic mass is 16.5. The van der Waals surface area contributed by atoms with Gasteiger partial charge in [-0.1, -0.05) is 25.1 Å². The first-order valence-electron chi connectivity index (χ1n) is 7.60. The van der Waals surface area contributed by atoms with Gasteiger partial charge in [0.1, 0.15) is 5.75 Å². The minimum atomic E-state index is -0.155. The van der Waals surface area contributed by atoms with Crippen LogP contribution in [0.3, 0.4) is 0 Å². The molecule has 22 heavy (non-hydrogen) atoms. The molecular formula is C16H23N3O3. The number of benzene rings is 1. The monoisotopic (exact) mass is 305 g/mol. The van der Waals surface area contributed by atoms with Crippen molar-refractivity contribution in [2.45, 2.75) is 20.3 Å². The molecular weight excluding hydrogens is 282 g/mol. The van der Waals surface area contributed by atoms with Crippen LogP contribution < -0.4 is 10.1 Å². The third-order valence-corrected chi connectivity index (χ3v) is 3.82. The number of nitrogens with zero attached hydrogens (tertiary/aromatic N) is 2. The van der Waals surface area contributed by atoms with Crippen LogP contribution in [-0.2, 0) is 11.2 Å². The number of ether oxygens (including phenoxy) is 1. The van der Waals surface area contributed by atoms with Crippen LogP contribution in [0.2, 0.25) is 0 Å². The Morgan fingerprint density at radius 1 is 1.14 bits per heavy atom. The summed E-state index contributed by atoms with van der Waals surface area (Å²) in [6.45, 7) is 6.03. The molecule has 1 saturated heterocycles. The molecule has 0 aliphatic carbocycles. The van der Waals surface area contributed by atoms with E-state index in [9.17, 15) is 9.59 Å². The predicted octanol–water partition coefficient (Wildman–Crippen LogP) is 1.46. The minimum Gasteiger partial charge on any atom is -0.473 e. The molecule has 0 spiro atoms. The quantitative estimate of drug-likeness (QED) is 0.857. The lowest BCUT2D eigenvalue weighted by Gasteiger charge is -2.34. The number of amides is 3. The van der Waals surface area contributed by atoms with Crippen LogP contribution in [0, 0.1) is 0 Å². The first-order chi connectivity index (χ1) is 10.6. The molecule has 0 saturated carbocycles. The van der Waals surface area contributed by atoms with Crippen LogP contribution in [0.15, 0.2) is 24.3 Å². The molecule has 3 amide bonds. The van der Waals surface area contributed by atoms with E-state index in [1.54, 1.807) is 16.7 Å². The fourth-order valence-corrected chi connectivity index (χ4v) is 2.45. The number of aryl methyl sites for hydroxylation is 1. The van der Waals surface area contributed by atoms with Crippen LogP contribution >= 0.6 is 0 Å². The summed E-state index contributed by atoms with van der Waals surface area (Å²) in [5.74, 6) is 0.853. The van der Waals surface area contributed by atoms with Crippen LogP contribution in [0.4, 0.5) is 4.79 Å². The van der Waals surface area contributed by atoms with E-state index >= 15 is 0 Å². The van der Waals surface area contributed by atoms with Crippen LogP contribution in [0.25, 0.3) is 0 Å². The lowest BCUT2D eigenvalue weighted by atomic mass is 10.1. The third-order valence-electron chi connectivity index (χ3n) is 3.82. The van der Waals surface area contributed by atoms with Gasteiger partial charge in [0.05, 0.1) is 0 Å². The van der Waals surface area contributed by atoms with Crippen molar-refractivity contribution in [1.82, 2.24) is 15.1 Å². The molecule has 0 atom stereocenters. The summed E-state index contributed by atoms with van der Waals surface area (Å²) in [5.41, 5.74) is 1.12. The Balaban J connectivity index is 1.75. The van der Waals surface area contributed by atoms with Crippen molar-refractivity contribution in [2.75, 3.05) is 32.9 Å². The topological polar surface area (TPSA) is 61.9 Å². The zero-order valence-electron chi connectivity index (χ0n) is 13.2. The number of rotatable bonds is 4. The molecule has 0 aromatic heterocycles. The van der Waals surface area contributed by atoms with E-state index < -0.39 is 0 Å². The van der Waals surface area contributed by atoms with E-state index in [1.807, 2.05) is 24.3 Å². The summed E-state index contributed by atoms with van der Waals surface area (Å²) in [7, 11) is 0. The van der Waals surface area contributed by atoms with Crippen molar-refractivity contribution in [2.24, 2.45) is 0 Å². The van der Waals surface area contributed by atoms with Crippen LogP contribution in [-0.4, -0.2) is 54.6 Å². The summed E-state index contributed by atoms with van der Waals surface area (Å²) < 4.78 is 5.63. The lowest BCUT2D eigenvalue weighted by Crippen LogP contribution is -2.53. The Kier molecular flexibility index (Phi) is 5.63. The maximum atomic E-state index is 12.1. The van der Waals surface area contributed by atoms with Gasteiger partial charge in [-0.05, 0) is 18.1 Å². The molecule has 1 heterocycles. The first kappa shape index (κ1) is 16.1. The maximum absolute atomic E-state index is 12.1. The molecule has 1 aliphatic heterocycles. The molecule has 0 radical (unpaired) electrons. The molecule has 1 aromatic rings. The first-order valence-corrected chi connectivity index (χ1v) is 7.60. The molecule has 1 N–H and O–H groups in total. The molecule has 1 aliphatic rings. The van der Waals surface area contributed by atoms with E-state index in [2.05, 4.69) is 12.2 Å². The zero-order valence-corrected chi connectivity index (χ0v) is 13.2. The van der Waals surface area contributed by atoms with Gasteiger partial charge in [0.2, 0.25) is 5.91 Å². The molecule has 120 valence electrons. The number of carbonyl (C=O) groups is 2. The van der Waals surface area contributed by atoms with Gasteiger partial charge in [0.15, 0.2) is 6.73 Å². The number of urea groups is 1. The van der Waals surface area contributed by atoms with E-state index in [0.29, 0.717) is 26.2 Å². The number of nitrogens with one attached hydrogen (secondary N) is 1. The maximum Gasteiger partial charge on any atom is 0.320 e. The highest BCUT2D eigenvalue weighted by molar-refractivity contribution is 5.76. The molecule has 1 aromatic carbocycles. The molecule has 0 bridgehead atoms. The van der Waals surface area contributed by atoms with Crippen LogP contribution in [0.5, 0.6) is 5.75 Å².